The molecule has 0 amide bonds. The summed E-state index contributed by atoms with van der Waals surface area (Å²) in [7, 11) is 0. The minimum atomic E-state index is -0.0129. The molecule has 0 spiro atoms. The number of carbonyl (C=O) groups is 1. The Bertz CT molecular complexity index is 1180. The van der Waals surface area contributed by atoms with Crippen molar-refractivity contribution in [1.29, 1.82) is 5.26 Å². The van der Waals surface area contributed by atoms with E-state index < -0.39 is 0 Å². The first-order chi connectivity index (χ1) is 16.5. The number of hydrogen-bond donors (Lipinski definition) is 1. The van der Waals surface area contributed by atoms with E-state index in [4.69, 9.17) is 22.6 Å². The lowest BCUT2D eigenvalue weighted by Gasteiger charge is -2.23. The van der Waals surface area contributed by atoms with Gasteiger partial charge in [0.05, 0.1) is 22.2 Å². The molecule has 0 radical (unpaired) electrons. The number of aryl methyl sites for hydroxylation is 1. The van der Waals surface area contributed by atoms with Crippen LogP contribution in [0.2, 0.25) is 5.02 Å². The van der Waals surface area contributed by atoms with Crippen LogP contribution in [0.1, 0.15) is 64.0 Å². The van der Waals surface area contributed by atoms with E-state index in [0.717, 1.165) is 42.8 Å². The number of nitrogens with two attached hydrogens (primary N) is 1. The van der Waals surface area contributed by atoms with Crippen LogP contribution in [0.15, 0.2) is 48.5 Å². The Morgan fingerprint density at radius 3 is 2.59 bits per heavy atom. The fraction of sp³-hybridized carbons (Fsp3) is 0.357. The topological polar surface area (TPSA) is 70.1 Å². The zero-order chi connectivity index (χ0) is 24.1. The van der Waals surface area contributed by atoms with Crippen LogP contribution in [-0.2, 0) is 6.42 Å². The molecule has 2 heterocycles. The zero-order valence-electron chi connectivity index (χ0n) is 19.5. The fourth-order valence-electron chi connectivity index (χ4n) is 4.92. The molecular formula is C28H30ClN3OS. The Balaban J connectivity index is 1.36. The average Bonchev–Trinajstić information content (AvgIpc) is 2.99. The summed E-state index contributed by atoms with van der Waals surface area (Å²) in [4.78, 5) is 16.8. The Kier molecular flexibility index (Phi) is 7.92. The number of hydrogen-bond acceptors (Lipinski definition) is 5. The van der Waals surface area contributed by atoms with Crippen molar-refractivity contribution in [3.05, 3.63) is 80.7 Å². The molecule has 0 saturated carbocycles. The van der Waals surface area contributed by atoms with Crippen LogP contribution in [0, 0.1) is 24.2 Å². The highest BCUT2D eigenvalue weighted by Crippen LogP contribution is 2.34. The predicted octanol–water partition coefficient (Wildman–Crippen LogP) is 7.02. The molecule has 2 aromatic carbocycles. The van der Waals surface area contributed by atoms with Gasteiger partial charge in [-0.25, -0.2) is 0 Å². The number of nitrogens with zero attached hydrogens (tertiary/aromatic N) is 2. The van der Waals surface area contributed by atoms with Crippen LogP contribution < -0.4 is 10.6 Å². The second-order valence-corrected chi connectivity index (χ2v) is 10.7. The summed E-state index contributed by atoms with van der Waals surface area (Å²) < 4.78 is 0. The monoisotopic (exact) mass is 491 g/mol. The summed E-state index contributed by atoms with van der Waals surface area (Å²) in [6, 6.07) is 17.1. The smallest absolute Gasteiger partial charge is 0.196 e. The summed E-state index contributed by atoms with van der Waals surface area (Å²) in [5, 5.41) is 10.3. The highest BCUT2D eigenvalue weighted by Gasteiger charge is 2.23. The third-order valence-electron chi connectivity index (χ3n) is 6.82. The van der Waals surface area contributed by atoms with E-state index in [1.165, 1.54) is 36.3 Å². The lowest BCUT2D eigenvalue weighted by Crippen LogP contribution is -2.24. The van der Waals surface area contributed by atoms with Crippen LogP contribution >= 0.6 is 22.9 Å². The molecule has 2 N–H and O–H groups in total. The van der Waals surface area contributed by atoms with Gasteiger partial charge < -0.3 is 10.6 Å². The Morgan fingerprint density at radius 1 is 1.15 bits per heavy atom. The number of carbonyl (C=O) groups excluding carboxylic acids is 1. The van der Waals surface area contributed by atoms with Gasteiger partial charge in [0.1, 0.15) is 0 Å². The SMILES string of the molecule is Cc1sc(N)c(C(=O)c2ccc(Cl)cc2)c1CCCC1CCCN(c2ccc(C#N)cc2)CC1. The summed E-state index contributed by atoms with van der Waals surface area (Å²) in [6.07, 6.45) is 6.67. The van der Waals surface area contributed by atoms with Gasteiger partial charge in [0.15, 0.2) is 5.78 Å². The predicted molar refractivity (Wildman–Crippen MR) is 142 cm³/mol. The van der Waals surface area contributed by atoms with E-state index >= 15 is 0 Å². The first-order valence-corrected chi connectivity index (χ1v) is 13.1. The number of nitrogen functional groups attached to an aromatic ring is 1. The highest BCUT2D eigenvalue weighted by atomic mass is 35.5. The maximum Gasteiger partial charge on any atom is 0.196 e. The van der Waals surface area contributed by atoms with E-state index in [1.807, 2.05) is 12.1 Å². The summed E-state index contributed by atoms with van der Waals surface area (Å²) in [5.41, 5.74) is 10.6. The molecule has 0 aliphatic carbocycles. The molecule has 3 aromatic rings. The van der Waals surface area contributed by atoms with Crippen LogP contribution in [0.4, 0.5) is 10.7 Å². The molecule has 1 unspecified atom stereocenters. The molecule has 176 valence electrons. The summed E-state index contributed by atoms with van der Waals surface area (Å²) in [5.74, 6) is 0.677. The molecule has 6 heteroatoms. The highest BCUT2D eigenvalue weighted by molar-refractivity contribution is 7.16. The van der Waals surface area contributed by atoms with Gasteiger partial charge >= 0.3 is 0 Å². The maximum atomic E-state index is 13.2. The molecule has 0 bridgehead atoms. The van der Waals surface area contributed by atoms with Gasteiger partial charge in [-0.3, -0.25) is 4.79 Å². The standard InChI is InChI=1S/C28H30ClN3OS/c1-19-25(26(28(31)34-19)27(33)22-9-11-23(29)12-10-22)6-2-4-20-5-3-16-32(17-15-20)24-13-7-21(18-30)8-14-24/h7-14,20H,2-6,15-17,31H2,1H3. The molecular weight excluding hydrogens is 462 g/mol. The van der Waals surface area contributed by atoms with Crippen molar-refractivity contribution in [2.45, 2.75) is 45.4 Å². The number of rotatable bonds is 7. The molecule has 1 atom stereocenters. The first-order valence-electron chi connectivity index (χ1n) is 11.9. The summed E-state index contributed by atoms with van der Waals surface area (Å²) in [6.45, 7) is 4.17. The van der Waals surface area contributed by atoms with Gasteiger partial charge in [0.25, 0.3) is 0 Å². The van der Waals surface area contributed by atoms with E-state index in [2.05, 4.69) is 30.0 Å². The molecule has 34 heavy (non-hydrogen) atoms. The number of benzene rings is 2. The number of nitriles is 1. The Morgan fingerprint density at radius 2 is 1.88 bits per heavy atom. The zero-order valence-corrected chi connectivity index (χ0v) is 21.1. The Labute approximate surface area is 211 Å². The second-order valence-electron chi connectivity index (χ2n) is 9.05. The molecule has 1 saturated heterocycles. The van der Waals surface area contributed by atoms with Crippen LogP contribution in [0.3, 0.4) is 0 Å². The van der Waals surface area contributed by atoms with Crippen molar-refractivity contribution >= 4 is 39.4 Å². The molecule has 1 aliphatic heterocycles. The minimum absolute atomic E-state index is 0.0129. The van der Waals surface area contributed by atoms with Crippen molar-refractivity contribution in [1.82, 2.24) is 0 Å². The maximum absolute atomic E-state index is 13.2. The van der Waals surface area contributed by atoms with Crippen molar-refractivity contribution in [3.8, 4) is 6.07 Å². The van der Waals surface area contributed by atoms with Gasteiger partial charge in [-0.05, 0) is 99.0 Å². The third kappa shape index (κ3) is 5.63. The third-order valence-corrected chi connectivity index (χ3v) is 8.05. The Hall–Kier alpha value is -2.81. The van der Waals surface area contributed by atoms with Crippen molar-refractivity contribution in [3.63, 3.8) is 0 Å². The van der Waals surface area contributed by atoms with Gasteiger partial charge in [0, 0.05) is 34.2 Å². The van der Waals surface area contributed by atoms with Crippen molar-refractivity contribution < 1.29 is 4.79 Å². The lowest BCUT2D eigenvalue weighted by molar-refractivity contribution is 0.103. The number of thiophene rings is 1. The van der Waals surface area contributed by atoms with E-state index in [-0.39, 0.29) is 5.78 Å². The largest absolute Gasteiger partial charge is 0.390 e. The fourth-order valence-corrected chi connectivity index (χ4v) is 6.03. The normalized spacial score (nSPS) is 16.1. The molecule has 1 fully saturated rings. The van der Waals surface area contributed by atoms with E-state index in [1.54, 1.807) is 24.3 Å². The summed E-state index contributed by atoms with van der Waals surface area (Å²) >= 11 is 7.51. The second kappa shape index (κ2) is 11.1. The number of halogens is 1. The van der Waals surface area contributed by atoms with Crippen molar-refractivity contribution in [2.24, 2.45) is 5.92 Å². The molecule has 4 nitrogen and oxygen atoms in total. The van der Waals surface area contributed by atoms with E-state index in [9.17, 15) is 4.79 Å². The van der Waals surface area contributed by atoms with Crippen LogP contribution in [0.5, 0.6) is 0 Å². The van der Waals surface area contributed by atoms with Crippen molar-refractivity contribution in [2.75, 3.05) is 23.7 Å². The van der Waals surface area contributed by atoms with Gasteiger partial charge in [-0.1, -0.05) is 18.0 Å². The van der Waals surface area contributed by atoms with Gasteiger partial charge in [-0.15, -0.1) is 11.3 Å². The quantitative estimate of drug-likeness (QED) is 0.360. The van der Waals surface area contributed by atoms with Crippen LogP contribution in [-0.4, -0.2) is 18.9 Å². The molecule has 1 aliphatic rings. The van der Waals surface area contributed by atoms with Gasteiger partial charge in [0.2, 0.25) is 0 Å². The van der Waals surface area contributed by atoms with Gasteiger partial charge in [-0.2, -0.15) is 5.26 Å². The molecule has 1 aromatic heterocycles. The number of anilines is 2. The minimum Gasteiger partial charge on any atom is -0.390 e. The molecule has 4 rings (SSSR count). The van der Waals surface area contributed by atoms with Crippen LogP contribution in [0.25, 0.3) is 0 Å². The lowest BCUT2D eigenvalue weighted by atomic mass is 9.91. The number of ketones is 1. The average molecular weight is 492 g/mol. The first kappa shape index (κ1) is 24.3. The van der Waals surface area contributed by atoms with E-state index in [0.29, 0.717) is 32.6 Å².